The number of halogens is 1. The van der Waals surface area contributed by atoms with Crippen LogP contribution in [0.2, 0.25) is 0 Å². The molecule has 0 aliphatic carbocycles. The molecule has 0 saturated heterocycles. The highest BCUT2D eigenvalue weighted by Crippen LogP contribution is 2.23. The van der Waals surface area contributed by atoms with Crippen LogP contribution < -0.4 is 10.5 Å². The van der Waals surface area contributed by atoms with E-state index in [9.17, 15) is 4.39 Å². The van der Waals surface area contributed by atoms with Gasteiger partial charge in [-0.2, -0.15) is 0 Å². The molecule has 2 aromatic carbocycles. The van der Waals surface area contributed by atoms with Gasteiger partial charge in [-0.25, -0.2) is 4.39 Å². The number of benzene rings is 2. The van der Waals surface area contributed by atoms with Gasteiger partial charge in [0.25, 0.3) is 0 Å². The quantitative estimate of drug-likeness (QED) is 0.822. The molecule has 88 valence electrons. The average Bonchev–Trinajstić information content (AvgIpc) is 2.30. The molecule has 0 spiro atoms. The standard InChI is InChI=1S/C14H14FNO/c1-10-6-7-14(13(16)8-10)17-9-11-4-2-3-5-12(11)15/h2-8H,9,16H2,1H3. The molecule has 0 unspecified atom stereocenters. The van der Waals surface area contributed by atoms with Crippen molar-refractivity contribution in [3.8, 4) is 5.75 Å². The van der Waals surface area contributed by atoms with Crippen molar-refractivity contribution in [2.24, 2.45) is 0 Å². The van der Waals surface area contributed by atoms with Gasteiger partial charge < -0.3 is 10.5 Å². The predicted octanol–water partition coefficient (Wildman–Crippen LogP) is 3.30. The van der Waals surface area contributed by atoms with Gasteiger partial charge in [-0.15, -0.1) is 0 Å². The number of nitrogens with two attached hydrogens (primary N) is 1. The second-order valence-corrected chi connectivity index (χ2v) is 3.92. The fourth-order valence-electron chi connectivity index (χ4n) is 1.57. The Balaban J connectivity index is 2.10. The molecule has 0 heterocycles. The Hall–Kier alpha value is -2.03. The van der Waals surface area contributed by atoms with E-state index < -0.39 is 0 Å². The van der Waals surface area contributed by atoms with E-state index in [0.717, 1.165) is 5.56 Å². The second kappa shape index (κ2) is 4.87. The first-order valence-electron chi connectivity index (χ1n) is 5.39. The Kier molecular flexibility index (Phi) is 3.28. The summed E-state index contributed by atoms with van der Waals surface area (Å²) < 4.78 is 18.8. The highest BCUT2D eigenvalue weighted by molar-refractivity contribution is 5.54. The van der Waals surface area contributed by atoms with Gasteiger partial charge in [0.2, 0.25) is 0 Å². The van der Waals surface area contributed by atoms with E-state index in [1.807, 2.05) is 19.1 Å². The molecular weight excluding hydrogens is 217 g/mol. The Labute approximate surface area is 99.8 Å². The monoisotopic (exact) mass is 231 g/mol. The number of hydrogen-bond donors (Lipinski definition) is 1. The van der Waals surface area contributed by atoms with E-state index in [2.05, 4.69) is 0 Å². The largest absolute Gasteiger partial charge is 0.487 e. The molecule has 2 rings (SSSR count). The SMILES string of the molecule is Cc1ccc(OCc2ccccc2F)c(N)c1. The smallest absolute Gasteiger partial charge is 0.142 e. The average molecular weight is 231 g/mol. The molecule has 0 aliphatic heterocycles. The van der Waals surface area contributed by atoms with Gasteiger partial charge in [0.05, 0.1) is 5.69 Å². The number of anilines is 1. The first-order chi connectivity index (χ1) is 8.16. The summed E-state index contributed by atoms with van der Waals surface area (Å²) in [6, 6.07) is 12.1. The molecule has 17 heavy (non-hydrogen) atoms. The van der Waals surface area contributed by atoms with Gasteiger partial charge in [0, 0.05) is 5.56 Å². The van der Waals surface area contributed by atoms with E-state index >= 15 is 0 Å². The maximum atomic E-state index is 13.3. The summed E-state index contributed by atoms with van der Waals surface area (Å²) in [5, 5.41) is 0. The highest BCUT2D eigenvalue weighted by Gasteiger charge is 2.04. The van der Waals surface area contributed by atoms with Gasteiger partial charge in [0.15, 0.2) is 0 Å². The molecule has 0 amide bonds. The summed E-state index contributed by atoms with van der Waals surface area (Å²) in [4.78, 5) is 0. The van der Waals surface area contributed by atoms with Crippen molar-refractivity contribution in [2.75, 3.05) is 5.73 Å². The molecule has 3 heteroatoms. The van der Waals surface area contributed by atoms with Gasteiger partial charge in [-0.3, -0.25) is 0 Å². The van der Waals surface area contributed by atoms with Crippen LogP contribution in [0.15, 0.2) is 42.5 Å². The first-order valence-corrected chi connectivity index (χ1v) is 5.39. The van der Waals surface area contributed by atoms with Crippen LogP contribution >= 0.6 is 0 Å². The van der Waals surface area contributed by atoms with E-state index in [4.69, 9.17) is 10.5 Å². The zero-order chi connectivity index (χ0) is 12.3. The molecule has 0 bridgehead atoms. The Morgan fingerprint density at radius 1 is 1.18 bits per heavy atom. The lowest BCUT2D eigenvalue weighted by Gasteiger charge is -2.09. The normalized spacial score (nSPS) is 10.2. The lowest BCUT2D eigenvalue weighted by molar-refractivity contribution is 0.301. The third kappa shape index (κ3) is 2.75. The first kappa shape index (κ1) is 11.5. The van der Waals surface area contributed by atoms with Gasteiger partial charge in [-0.1, -0.05) is 24.3 Å². The third-order valence-corrected chi connectivity index (χ3v) is 2.51. The zero-order valence-electron chi connectivity index (χ0n) is 9.61. The van der Waals surface area contributed by atoms with Crippen molar-refractivity contribution in [3.05, 3.63) is 59.4 Å². The number of aryl methyl sites for hydroxylation is 1. The minimum atomic E-state index is -0.266. The predicted molar refractivity (Wildman–Crippen MR) is 66.3 cm³/mol. The van der Waals surface area contributed by atoms with Crippen molar-refractivity contribution >= 4 is 5.69 Å². The van der Waals surface area contributed by atoms with Gasteiger partial charge in [-0.05, 0) is 30.7 Å². The Bertz CT molecular complexity index is 525. The molecule has 0 saturated carbocycles. The van der Waals surface area contributed by atoms with Crippen LogP contribution in [-0.2, 0) is 6.61 Å². The topological polar surface area (TPSA) is 35.2 Å². The summed E-state index contributed by atoms with van der Waals surface area (Å²) in [6.45, 7) is 2.14. The number of rotatable bonds is 3. The molecule has 0 aromatic heterocycles. The summed E-state index contributed by atoms with van der Waals surface area (Å²) in [5.74, 6) is 0.317. The van der Waals surface area contributed by atoms with Gasteiger partial charge in [0.1, 0.15) is 18.2 Å². The Morgan fingerprint density at radius 2 is 1.94 bits per heavy atom. The van der Waals surface area contributed by atoms with Crippen LogP contribution in [0, 0.1) is 12.7 Å². The molecule has 0 aliphatic rings. The lowest BCUT2D eigenvalue weighted by atomic mass is 10.2. The maximum absolute atomic E-state index is 13.3. The van der Waals surface area contributed by atoms with Crippen LogP contribution in [0.1, 0.15) is 11.1 Å². The fraction of sp³-hybridized carbons (Fsp3) is 0.143. The fourth-order valence-corrected chi connectivity index (χ4v) is 1.57. The van der Waals surface area contributed by atoms with E-state index in [1.54, 1.807) is 24.3 Å². The molecule has 2 aromatic rings. The highest BCUT2D eigenvalue weighted by atomic mass is 19.1. The van der Waals surface area contributed by atoms with Crippen molar-refractivity contribution in [2.45, 2.75) is 13.5 Å². The second-order valence-electron chi connectivity index (χ2n) is 3.92. The van der Waals surface area contributed by atoms with E-state index in [-0.39, 0.29) is 12.4 Å². The van der Waals surface area contributed by atoms with Crippen molar-refractivity contribution in [1.82, 2.24) is 0 Å². The van der Waals surface area contributed by atoms with Crippen LogP contribution in [0.4, 0.5) is 10.1 Å². The molecule has 2 N–H and O–H groups in total. The summed E-state index contributed by atoms with van der Waals surface area (Å²) in [6.07, 6.45) is 0. The van der Waals surface area contributed by atoms with Gasteiger partial charge >= 0.3 is 0 Å². The van der Waals surface area contributed by atoms with E-state index in [0.29, 0.717) is 17.0 Å². The van der Waals surface area contributed by atoms with Crippen molar-refractivity contribution in [1.29, 1.82) is 0 Å². The van der Waals surface area contributed by atoms with E-state index in [1.165, 1.54) is 6.07 Å². The lowest BCUT2D eigenvalue weighted by Crippen LogP contribution is -2.00. The summed E-state index contributed by atoms with van der Waals surface area (Å²) in [7, 11) is 0. The van der Waals surface area contributed by atoms with Crippen molar-refractivity contribution < 1.29 is 9.13 Å². The number of nitrogen functional groups attached to an aromatic ring is 1. The minimum absolute atomic E-state index is 0.180. The molecule has 0 radical (unpaired) electrons. The molecule has 0 fully saturated rings. The van der Waals surface area contributed by atoms with Crippen LogP contribution in [0.25, 0.3) is 0 Å². The molecule has 0 atom stereocenters. The number of hydrogen-bond acceptors (Lipinski definition) is 2. The molecular formula is C14H14FNO. The minimum Gasteiger partial charge on any atom is -0.487 e. The summed E-state index contributed by atoms with van der Waals surface area (Å²) in [5.41, 5.74) is 7.97. The summed E-state index contributed by atoms with van der Waals surface area (Å²) >= 11 is 0. The zero-order valence-corrected chi connectivity index (χ0v) is 9.61. The van der Waals surface area contributed by atoms with Crippen LogP contribution in [-0.4, -0.2) is 0 Å². The molecule has 2 nitrogen and oxygen atoms in total. The van der Waals surface area contributed by atoms with Crippen LogP contribution in [0.5, 0.6) is 5.75 Å². The Morgan fingerprint density at radius 3 is 2.65 bits per heavy atom. The maximum Gasteiger partial charge on any atom is 0.142 e. The number of ether oxygens (including phenoxy) is 1. The van der Waals surface area contributed by atoms with Crippen molar-refractivity contribution in [3.63, 3.8) is 0 Å². The third-order valence-electron chi connectivity index (χ3n) is 2.51. The van der Waals surface area contributed by atoms with Crippen LogP contribution in [0.3, 0.4) is 0 Å².